The molecule has 0 saturated carbocycles. The Labute approximate surface area is 158 Å². The van der Waals surface area contributed by atoms with Crippen LogP contribution in [0.4, 0.5) is 0 Å². The highest BCUT2D eigenvalue weighted by molar-refractivity contribution is 7.10. The molecule has 26 heavy (non-hydrogen) atoms. The number of nitrogens with zero attached hydrogens (tertiary/aromatic N) is 2. The van der Waals surface area contributed by atoms with Crippen LogP contribution in [0.15, 0.2) is 54.0 Å². The van der Waals surface area contributed by atoms with E-state index >= 15 is 0 Å². The second-order valence-electron chi connectivity index (χ2n) is 6.90. The van der Waals surface area contributed by atoms with Gasteiger partial charge < -0.3 is 9.88 Å². The number of carbonyl (C=O) groups is 1. The van der Waals surface area contributed by atoms with Crippen LogP contribution in [0.25, 0.3) is 10.9 Å². The Morgan fingerprint density at radius 1 is 1.12 bits per heavy atom. The molecule has 1 aliphatic rings. The maximum Gasteiger partial charge on any atom is 0.221 e. The predicted octanol–water partition coefficient (Wildman–Crippen LogP) is 4.05. The molecule has 1 saturated heterocycles. The number of fused-ring (bicyclic) bond motifs is 1. The summed E-state index contributed by atoms with van der Waals surface area (Å²) in [5, 5.41) is 6.52. The van der Waals surface area contributed by atoms with Gasteiger partial charge in [0.1, 0.15) is 0 Å². The molecule has 0 radical (unpaired) electrons. The zero-order chi connectivity index (χ0) is 17.8. The van der Waals surface area contributed by atoms with Gasteiger partial charge in [0.05, 0.1) is 6.04 Å². The van der Waals surface area contributed by atoms with Gasteiger partial charge in [-0.2, -0.15) is 0 Å². The molecule has 2 aromatic heterocycles. The molecule has 1 aromatic carbocycles. The van der Waals surface area contributed by atoms with Crippen LogP contribution < -0.4 is 5.32 Å². The number of nitrogens with one attached hydrogen (secondary N) is 1. The monoisotopic (exact) mass is 367 g/mol. The highest BCUT2D eigenvalue weighted by Crippen LogP contribution is 2.27. The maximum absolute atomic E-state index is 12.4. The third-order valence-corrected chi connectivity index (χ3v) is 6.18. The first-order valence-corrected chi connectivity index (χ1v) is 10.3. The Bertz CT molecular complexity index is 849. The van der Waals surface area contributed by atoms with Crippen LogP contribution in [0.3, 0.4) is 0 Å². The summed E-state index contributed by atoms with van der Waals surface area (Å²) in [5.74, 6) is 0.128. The minimum Gasteiger partial charge on any atom is -0.354 e. The van der Waals surface area contributed by atoms with Crippen molar-refractivity contribution in [2.75, 3.05) is 19.6 Å². The molecule has 1 fully saturated rings. The van der Waals surface area contributed by atoms with Crippen molar-refractivity contribution in [3.05, 3.63) is 58.9 Å². The summed E-state index contributed by atoms with van der Waals surface area (Å²) < 4.78 is 2.16. The number of aromatic nitrogens is 1. The van der Waals surface area contributed by atoms with E-state index in [2.05, 4.69) is 56.7 Å². The number of para-hydroxylation sites is 1. The second kappa shape index (κ2) is 8.06. The number of thiophene rings is 1. The van der Waals surface area contributed by atoms with Gasteiger partial charge in [-0.25, -0.2) is 0 Å². The van der Waals surface area contributed by atoms with Crippen LogP contribution in [0.1, 0.15) is 30.2 Å². The maximum atomic E-state index is 12.4. The normalized spacial score (nSPS) is 16.2. The van der Waals surface area contributed by atoms with Gasteiger partial charge in [-0.05, 0) is 54.9 Å². The lowest BCUT2D eigenvalue weighted by Gasteiger charge is -2.27. The summed E-state index contributed by atoms with van der Waals surface area (Å²) in [6, 6.07) is 15.0. The smallest absolute Gasteiger partial charge is 0.221 e. The minimum absolute atomic E-state index is 0.128. The average Bonchev–Trinajstić information content (AvgIpc) is 3.42. The van der Waals surface area contributed by atoms with Crippen LogP contribution in [-0.4, -0.2) is 35.0 Å². The fourth-order valence-corrected chi connectivity index (χ4v) is 4.66. The first-order valence-electron chi connectivity index (χ1n) is 9.39. The summed E-state index contributed by atoms with van der Waals surface area (Å²) >= 11 is 1.79. The molecule has 1 unspecified atom stereocenters. The molecule has 5 heteroatoms. The van der Waals surface area contributed by atoms with Crippen molar-refractivity contribution in [2.45, 2.75) is 31.8 Å². The van der Waals surface area contributed by atoms with Gasteiger partial charge in [-0.15, -0.1) is 11.3 Å². The molecular formula is C21H25N3OS. The van der Waals surface area contributed by atoms with Crippen LogP contribution >= 0.6 is 11.3 Å². The van der Waals surface area contributed by atoms with Gasteiger partial charge in [-0.1, -0.05) is 24.3 Å². The second-order valence-corrected chi connectivity index (χ2v) is 7.88. The molecule has 0 aliphatic carbocycles. The highest BCUT2D eigenvalue weighted by Gasteiger charge is 2.24. The molecule has 0 spiro atoms. The van der Waals surface area contributed by atoms with E-state index in [1.165, 1.54) is 28.6 Å². The minimum atomic E-state index is 0.128. The molecule has 1 aliphatic heterocycles. The zero-order valence-electron chi connectivity index (χ0n) is 14.9. The van der Waals surface area contributed by atoms with Gasteiger partial charge in [0, 0.05) is 36.1 Å². The zero-order valence-corrected chi connectivity index (χ0v) is 15.8. The number of aryl methyl sites for hydroxylation is 1. The summed E-state index contributed by atoms with van der Waals surface area (Å²) in [7, 11) is 0. The number of rotatable bonds is 7. The van der Waals surface area contributed by atoms with Crippen LogP contribution in [-0.2, 0) is 11.3 Å². The third-order valence-electron chi connectivity index (χ3n) is 5.21. The molecule has 4 nitrogen and oxygen atoms in total. The quantitative estimate of drug-likeness (QED) is 0.684. The molecule has 136 valence electrons. The van der Waals surface area contributed by atoms with E-state index < -0.39 is 0 Å². The number of hydrogen-bond acceptors (Lipinski definition) is 3. The first-order chi connectivity index (χ1) is 12.8. The first kappa shape index (κ1) is 17.3. The van der Waals surface area contributed by atoms with Gasteiger partial charge in [0.2, 0.25) is 5.91 Å². The van der Waals surface area contributed by atoms with Crippen LogP contribution in [0.2, 0.25) is 0 Å². The summed E-state index contributed by atoms with van der Waals surface area (Å²) in [6.07, 6.45) is 5.10. The third kappa shape index (κ3) is 3.84. The number of likely N-dealkylation sites (tertiary alicyclic amines) is 1. The summed E-state index contributed by atoms with van der Waals surface area (Å²) in [4.78, 5) is 16.3. The fraction of sp³-hybridized carbons (Fsp3) is 0.381. The van der Waals surface area contributed by atoms with E-state index in [0.717, 1.165) is 13.1 Å². The van der Waals surface area contributed by atoms with Gasteiger partial charge in [-0.3, -0.25) is 9.69 Å². The van der Waals surface area contributed by atoms with E-state index in [9.17, 15) is 4.79 Å². The SMILES string of the molecule is O=C(CCn1ccc2ccccc21)NCC(c1cccs1)N1CCCC1. The number of carbonyl (C=O) groups excluding carboxylic acids is 1. The lowest BCUT2D eigenvalue weighted by Crippen LogP contribution is -2.36. The van der Waals surface area contributed by atoms with E-state index in [0.29, 0.717) is 25.6 Å². The average molecular weight is 368 g/mol. The van der Waals surface area contributed by atoms with Gasteiger partial charge in [0.25, 0.3) is 0 Å². The van der Waals surface area contributed by atoms with Crippen molar-refractivity contribution in [3.8, 4) is 0 Å². The summed E-state index contributed by atoms with van der Waals surface area (Å²) in [5.41, 5.74) is 1.19. The summed E-state index contributed by atoms with van der Waals surface area (Å²) in [6.45, 7) is 3.68. The molecule has 4 rings (SSSR count). The van der Waals surface area contributed by atoms with E-state index in [-0.39, 0.29) is 5.91 Å². The van der Waals surface area contributed by atoms with Crippen molar-refractivity contribution < 1.29 is 4.79 Å². The molecule has 1 atom stereocenters. The molecule has 0 bridgehead atoms. The number of amides is 1. The van der Waals surface area contributed by atoms with E-state index in [1.54, 1.807) is 11.3 Å². The Kier molecular flexibility index (Phi) is 5.37. The van der Waals surface area contributed by atoms with Crippen molar-refractivity contribution >= 4 is 28.1 Å². The molecule has 3 aromatic rings. The Hall–Kier alpha value is -2.11. The van der Waals surface area contributed by atoms with Gasteiger partial charge in [0.15, 0.2) is 0 Å². The fourth-order valence-electron chi connectivity index (χ4n) is 3.80. The lowest BCUT2D eigenvalue weighted by atomic mass is 10.2. The largest absolute Gasteiger partial charge is 0.354 e. The molecule has 1 amide bonds. The van der Waals surface area contributed by atoms with Crippen molar-refractivity contribution in [1.29, 1.82) is 0 Å². The topological polar surface area (TPSA) is 37.3 Å². The van der Waals surface area contributed by atoms with E-state index in [4.69, 9.17) is 0 Å². The molecule has 3 heterocycles. The van der Waals surface area contributed by atoms with Crippen LogP contribution in [0.5, 0.6) is 0 Å². The van der Waals surface area contributed by atoms with Crippen molar-refractivity contribution in [2.24, 2.45) is 0 Å². The highest BCUT2D eigenvalue weighted by atomic mass is 32.1. The van der Waals surface area contributed by atoms with Crippen LogP contribution in [0, 0.1) is 0 Å². The van der Waals surface area contributed by atoms with Gasteiger partial charge >= 0.3 is 0 Å². The Balaban J connectivity index is 1.33. The van der Waals surface area contributed by atoms with Crippen molar-refractivity contribution in [1.82, 2.24) is 14.8 Å². The number of hydrogen-bond donors (Lipinski definition) is 1. The Morgan fingerprint density at radius 2 is 1.96 bits per heavy atom. The van der Waals surface area contributed by atoms with E-state index in [1.807, 2.05) is 12.1 Å². The predicted molar refractivity (Wildman–Crippen MR) is 107 cm³/mol. The number of benzene rings is 1. The Morgan fingerprint density at radius 3 is 2.77 bits per heavy atom. The molecular weight excluding hydrogens is 342 g/mol. The lowest BCUT2D eigenvalue weighted by molar-refractivity contribution is -0.121. The standard InChI is InChI=1S/C21H25N3OS/c25-21(10-14-24-13-9-17-6-1-2-7-18(17)24)22-16-19(20-8-5-15-26-20)23-11-3-4-12-23/h1-2,5-9,13,15,19H,3-4,10-12,14,16H2,(H,22,25). The molecule has 1 N–H and O–H groups in total. The van der Waals surface area contributed by atoms with Crippen molar-refractivity contribution in [3.63, 3.8) is 0 Å².